The molecule has 0 radical (unpaired) electrons. The lowest BCUT2D eigenvalue weighted by atomic mass is 9.69. The van der Waals surface area contributed by atoms with Crippen molar-refractivity contribution in [2.45, 2.75) is 58.8 Å². The molecule has 0 fully saturated rings. The number of aromatic nitrogens is 4. The molecule has 0 N–H and O–H groups in total. The van der Waals surface area contributed by atoms with Crippen molar-refractivity contribution >= 4 is 57.8 Å². The van der Waals surface area contributed by atoms with Crippen LogP contribution in [0.15, 0.2) is 152 Å². The Balaban J connectivity index is 1.14. The second-order valence-corrected chi connectivity index (χ2v) is 19.9. The maximum Gasteiger partial charge on any atom is 0.450 e. The minimum atomic E-state index is -0.998. The minimum absolute atomic E-state index is 0.245. The lowest BCUT2D eigenvalue weighted by Gasteiger charge is -2.34. The normalized spacial score (nSPS) is 15.0. The van der Waals surface area contributed by atoms with E-state index in [2.05, 4.69) is 219 Å². The van der Waals surface area contributed by atoms with Crippen LogP contribution in [-0.2, 0) is 17.3 Å². The molecule has 5 aromatic heterocycles. The number of hydrogen-bond acceptors (Lipinski definition) is 1. The van der Waals surface area contributed by atoms with Crippen molar-refractivity contribution in [3.8, 4) is 28.1 Å². The van der Waals surface area contributed by atoms with Gasteiger partial charge in [-0.1, -0.05) is 95.3 Å². The summed E-state index contributed by atoms with van der Waals surface area (Å²) in [6, 6.07) is 50.1. The van der Waals surface area contributed by atoms with Crippen LogP contribution in [-0.4, -0.2) is 9.55 Å². The highest BCUT2D eigenvalue weighted by molar-refractivity contribution is 7.38. The summed E-state index contributed by atoms with van der Waals surface area (Å²) in [5.41, 5.74) is 20.0. The van der Waals surface area contributed by atoms with Gasteiger partial charge in [-0.2, -0.15) is 0 Å². The van der Waals surface area contributed by atoms with Crippen molar-refractivity contribution in [1.29, 1.82) is 0 Å². The third kappa shape index (κ3) is 4.97. The number of fused-ring (bicyclic) bond motifs is 11. The van der Waals surface area contributed by atoms with Gasteiger partial charge in [-0.05, 0) is 135 Å². The number of rotatable bonds is 3. The molecule has 5 heteroatoms. The van der Waals surface area contributed by atoms with Crippen molar-refractivity contribution in [3.05, 3.63) is 197 Å². The number of pyridine rings is 3. The van der Waals surface area contributed by atoms with Crippen LogP contribution in [0.5, 0.6) is 0 Å². The monoisotopic (exact) mass is 806 g/mol. The van der Waals surface area contributed by atoms with Gasteiger partial charge >= 0.3 is 7.66 Å². The van der Waals surface area contributed by atoms with E-state index in [0.29, 0.717) is 0 Å². The summed E-state index contributed by atoms with van der Waals surface area (Å²) in [4.78, 5) is 5.46. The molecule has 1 unspecified atom stereocenters. The van der Waals surface area contributed by atoms with Gasteiger partial charge < -0.3 is 0 Å². The second kappa shape index (κ2) is 12.9. The Morgan fingerprint density at radius 3 is 1.90 bits per heavy atom. The quantitative estimate of drug-likeness (QED) is 0.175. The van der Waals surface area contributed by atoms with Crippen molar-refractivity contribution in [2.24, 2.45) is 0 Å². The first-order valence-corrected chi connectivity index (χ1v) is 22.9. The molecule has 0 amide bonds. The smallest absolute Gasteiger partial charge is 0.293 e. The Kier molecular flexibility index (Phi) is 7.70. The van der Waals surface area contributed by atoms with Crippen molar-refractivity contribution in [3.63, 3.8) is 0 Å². The average molecular weight is 807 g/mol. The van der Waals surface area contributed by atoms with Crippen LogP contribution >= 0.6 is 7.66 Å². The highest BCUT2D eigenvalue weighted by Crippen LogP contribution is 2.50. The van der Waals surface area contributed by atoms with E-state index in [1.807, 2.05) is 0 Å². The molecule has 294 valence electrons. The van der Waals surface area contributed by atoms with Crippen molar-refractivity contribution in [2.75, 3.05) is 0 Å². The lowest BCUT2D eigenvalue weighted by Crippen LogP contribution is -2.26. The fourth-order valence-corrected chi connectivity index (χ4v) is 13.7. The summed E-state index contributed by atoms with van der Waals surface area (Å²) in [5, 5.41) is 3.88. The van der Waals surface area contributed by atoms with Crippen LogP contribution in [0.4, 0.5) is 0 Å². The molecular weight excluding hydrogens is 760 g/mol. The average Bonchev–Trinajstić information content (AvgIpc) is 3.57. The zero-order chi connectivity index (χ0) is 41.4. The predicted molar refractivity (Wildman–Crippen MR) is 254 cm³/mol. The summed E-state index contributed by atoms with van der Waals surface area (Å²) in [7, 11) is -0.998. The van der Waals surface area contributed by atoms with E-state index < -0.39 is 7.66 Å². The standard InChI is InChI=1S/C56H47N4P/c1-7-38-42-18-14-24-51(38)60(52-25-15-19-44-50-23-9-11-31-59(50)61(54(44)52)58-30-10-8-22-49(42)58)53-29-26-36(34-57-53)37-32-47-43-28-27-41-40(17-13-21-46(41)56(5,6)48(43)33-37)39-16-12-20-45(35(39)2)55(47,3)4/h8-34H,7H2,1-6H3/q+2. The Labute approximate surface area is 357 Å². The summed E-state index contributed by atoms with van der Waals surface area (Å²) >= 11 is 0. The van der Waals surface area contributed by atoms with E-state index >= 15 is 0 Å². The van der Waals surface area contributed by atoms with Crippen molar-refractivity contribution in [1.82, 2.24) is 9.55 Å². The van der Waals surface area contributed by atoms with E-state index in [1.54, 1.807) is 0 Å². The number of hydrogen-bond donors (Lipinski definition) is 0. The van der Waals surface area contributed by atoms with E-state index in [-0.39, 0.29) is 10.8 Å². The molecule has 61 heavy (non-hydrogen) atoms. The molecule has 0 spiro atoms. The molecule has 4 nitrogen and oxygen atoms in total. The summed E-state index contributed by atoms with van der Waals surface area (Å²) < 4.78 is 7.46. The third-order valence-corrected chi connectivity index (χ3v) is 16.6. The summed E-state index contributed by atoms with van der Waals surface area (Å²) in [6.45, 7) is 14.2. The zero-order valence-electron chi connectivity index (χ0n) is 35.5. The molecule has 12 rings (SSSR count). The van der Waals surface area contributed by atoms with Crippen LogP contribution in [0.1, 0.15) is 79.1 Å². The molecule has 5 heterocycles. The van der Waals surface area contributed by atoms with E-state index in [0.717, 1.165) is 17.8 Å². The minimum Gasteiger partial charge on any atom is -0.293 e. The van der Waals surface area contributed by atoms with Crippen LogP contribution in [0.25, 0.3) is 78.2 Å². The molecule has 2 aliphatic carbocycles. The van der Waals surface area contributed by atoms with Crippen LogP contribution < -0.4 is 8.33 Å². The summed E-state index contributed by atoms with van der Waals surface area (Å²) in [5.74, 6) is 0.911. The fraction of sp³-hybridized carbons (Fsp3) is 0.161. The Hall–Kier alpha value is -6.61. The van der Waals surface area contributed by atoms with Gasteiger partial charge in [0.2, 0.25) is 11.0 Å². The molecule has 0 saturated heterocycles. The SMILES string of the molecule is CCc1c2cccc1n(-c1ccc(-c3cc4c5c(c3)C(C)(C)c3cccc(c3C=C5)-c3cccc(c3C)C4(C)C)cn1)c1cccc3c4cccc[n+]4p(c31)[n+]1ccccc21. The largest absolute Gasteiger partial charge is 0.450 e. The van der Waals surface area contributed by atoms with Gasteiger partial charge in [0.05, 0.1) is 21.8 Å². The maximum atomic E-state index is 5.46. The Bertz CT molecular complexity index is 3580. The predicted octanol–water partition coefficient (Wildman–Crippen LogP) is 13.3. The molecule has 0 saturated carbocycles. The molecule has 6 bridgehead atoms. The van der Waals surface area contributed by atoms with Gasteiger partial charge in [0.25, 0.3) is 0 Å². The molecular formula is C56H47N4P+2. The first-order chi connectivity index (χ1) is 29.7. The number of aryl methyl sites for hydroxylation is 1. The van der Waals surface area contributed by atoms with Gasteiger partial charge in [-0.15, -0.1) is 8.33 Å². The molecule has 2 aliphatic rings. The maximum absolute atomic E-state index is 5.46. The van der Waals surface area contributed by atoms with Gasteiger partial charge in [-0.25, -0.2) is 4.98 Å². The fourth-order valence-electron chi connectivity index (χ4n) is 11.2. The highest BCUT2D eigenvalue weighted by atomic mass is 31.1. The zero-order valence-corrected chi connectivity index (χ0v) is 36.4. The molecule has 1 atom stereocenters. The number of benzene rings is 5. The third-order valence-electron chi connectivity index (χ3n) is 14.2. The van der Waals surface area contributed by atoms with Gasteiger partial charge in [0, 0.05) is 46.9 Å². The molecule has 10 aromatic rings. The van der Waals surface area contributed by atoms with Crippen molar-refractivity contribution < 1.29 is 8.33 Å². The van der Waals surface area contributed by atoms with Crippen LogP contribution in [0.3, 0.4) is 0 Å². The van der Waals surface area contributed by atoms with Gasteiger partial charge in [-0.3, -0.25) is 4.57 Å². The molecule has 5 aromatic carbocycles. The Morgan fingerprint density at radius 2 is 1.20 bits per heavy atom. The van der Waals surface area contributed by atoms with E-state index in [4.69, 9.17) is 4.98 Å². The second-order valence-electron chi connectivity index (χ2n) is 18.0. The lowest BCUT2D eigenvalue weighted by molar-refractivity contribution is -0.510. The topological polar surface area (TPSA) is 26.0 Å². The first-order valence-electron chi connectivity index (χ1n) is 21.6. The number of nitrogens with zero attached hydrogens (tertiary/aromatic N) is 4. The van der Waals surface area contributed by atoms with Gasteiger partial charge in [0.15, 0.2) is 17.5 Å². The highest BCUT2D eigenvalue weighted by Gasteiger charge is 2.37. The first kappa shape index (κ1) is 36.3. The van der Waals surface area contributed by atoms with Crippen LogP contribution in [0, 0.1) is 6.92 Å². The molecule has 0 aliphatic heterocycles. The Morgan fingerprint density at radius 1 is 0.574 bits per heavy atom. The van der Waals surface area contributed by atoms with E-state index in [9.17, 15) is 0 Å². The van der Waals surface area contributed by atoms with Gasteiger partial charge in [0.1, 0.15) is 5.82 Å². The summed E-state index contributed by atoms with van der Waals surface area (Å²) in [6.07, 6.45) is 12.3. The van der Waals surface area contributed by atoms with E-state index in [1.165, 1.54) is 99.2 Å². The van der Waals surface area contributed by atoms with Crippen LogP contribution in [0.2, 0.25) is 0 Å².